The van der Waals surface area contributed by atoms with E-state index >= 15 is 0 Å². The van der Waals surface area contributed by atoms with Crippen LogP contribution in [0.15, 0.2) is 12.2 Å². The van der Waals surface area contributed by atoms with E-state index in [1.807, 2.05) is 0 Å². The lowest BCUT2D eigenvalue weighted by Gasteiger charge is -1.94. The number of nitriles is 1. The maximum absolute atomic E-state index is 8.28. The minimum atomic E-state index is 0.727. The number of hydrogen-bond acceptors (Lipinski definition) is 1. The van der Waals surface area contributed by atoms with Gasteiger partial charge >= 0.3 is 0 Å². The predicted octanol–water partition coefficient (Wildman–Crippen LogP) is 3.82. The lowest BCUT2D eigenvalue weighted by molar-refractivity contribution is 0.654. The van der Waals surface area contributed by atoms with E-state index in [-0.39, 0.29) is 0 Å². The molecule has 0 aliphatic rings. The van der Waals surface area contributed by atoms with Gasteiger partial charge in [-0.3, -0.25) is 0 Å². The number of hydrogen-bond donors (Lipinski definition) is 0. The van der Waals surface area contributed by atoms with Crippen LogP contribution in [0.3, 0.4) is 0 Å². The largest absolute Gasteiger partial charge is 0.198 e. The van der Waals surface area contributed by atoms with Crippen LogP contribution in [-0.4, -0.2) is 0 Å². The first-order chi connectivity index (χ1) is 5.91. The highest BCUT2D eigenvalue weighted by molar-refractivity contribution is 4.79. The predicted molar refractivity (Wildman–Crippen MR) is 52.7 cm³/mol. The van der Waals surface area contributed by atoms with Gasteiger partial charge in [0.1, 0.15) is 0 Å². The minimum Gasteiger partial charge on any atom is -0.198 e. The Morgan fingerprint density at radius 1 is 1.08 bits per heavy atom. The zero-order valence-corrected chi connectivity index (χ0v) is 8.05. The second-order valence-electron chi connectivity index (χ2n) is 2.99. The normalized spacial score (nSPS) is 10.3. The molecule has 0 aromatic heterocycles. The molecular formula is C11H19N. The Balaban J connectivity index is 2.92. The van der Waals surface area contributed by atoms with Crippen LogP contribution >= 0.6 is 0 Å². The third kappa shape index (κ3) is 9.23. The highest BCUT2D eigenvalue weighted by Gasteiger charge is 1.87. The Morgan fingerprint density at radius 2 is 1.83 bits per heavy atom. The molecule has 1 nitrogen and oxygen atoms in total. The molecule has 0 bridgehead atoms. The van der Waals surface area contributed by atoms with Crippen LogP contribution < -0.4 is 0 Å². The molecule has 1 heteroatoms. The molecule has 0 aromatic rings. The maximum Gasteiger partial charge on any atom is 0.0621 e. The van der Waals surface area contributed by atoms with Crippen molar-refractivity contribution in [2.45, 2.75) is 51.9 Å². The Morgan fingerprint density at radius 3 is 2.50 bits per heavy atom. The summed E-state index contributed by atoms with van der Waals surface area (Å²) in [6.07, 6.45) is 12.4. The molecule has 0 aliphatic carbocycles. The van der Waals surface area contributed by atoms with Crippen molar-refractivity contribution in [1.82, 2.24) is 0 Å². The Kier molecular flexibility index (Phi) is 9.57. The standard InChI is InChI=1S/C11H19N/c1-2-3-4-5-6-7-8-9-10-11-12/h3-4H,2,5-10H2,1H3. The van der Waals surface area contributed by atoms with Gasteiger partial charge in [0.05, 0.1) is 6.07 Å². The van der Waals surface area contributed by atoms with Gasteiger partial charge in [-0.2, -0.15) is 5.26 Å². The highest BCUT2D eigenvalue weighted by atomic mass is 14.2. The van der Waals surface area contributed by atoms with Gasteiger partial charge in [-0.05, 0) is 25.7 Å². The molecule has 0 unspecified atom stereocenters. The lowest BCUT2D eigenvalue weighted by atomic mass is 10.1. The van der Waals surface area contributed by atoms with Gasteiger partial charge in [0.15, 0.2) is 0 Å². The van der Waals surface area contributed by atoms with Gasteiger partial charge in [-0.25, -0.2) is 0 Å². The third-order valence-corrected chi connectivity index (χ3v) is 1.81. The van der Waals surface area contributed by atoms with Crippen molar-refractivity contribution < 1.29 is 0 Å². The molecule has 12 heavy (non-hydrogen) atoms. The summed E-state index contributed by atoms with van der Waals surface area (Å²) in [4.78, 5) is 0. The summed E-state index contributed by atoms with van der Waals surface area (Å²) in [7, 11) is 0. The first-order valence-electron chi connectivity index (χ1n) is 4.93. The highest BCUT2D eigenvalue weighted by Crippen LogP contribution is 2.05. The van der Waals surface area contributed by atoms with Gasteiger partial charge in [0, 0.05) is 6.42 Å². The van der Waals surface area contributed by atoms with Gasteiger partial charge in [-0.1, -0.05) is 31.9 Å². The summed E-state index contributed by atoms with van der Waals surface area (Å²) in [5.41, 5.74) is 0. The van der Waals surface area contributed by atoms with E-state index < -0.39 is 0 Å². The number of unbranched alkanes of at least 4 members (excludes halogenated alkanes) is 5. The molecule has 0 N–H and O–H groups in total. The zero-order chi connectivity index (χ0) is 9.07. The van der Waals surface area contributed by atoms with E-state index in [4.69, 9.17) is 5.26 Å². The molecule has 0 radical (unpaired) electrons. The topological polar surface area (TPSA) is 23.8 Å². The van der Waals surface area contributed by atoms with Crippen molar-refractivity contribution >= 4 is 0 Å². The first-order valence-corrected chi connectivity index (χ1v) is 4.93. The van der Waals surface area contributed by atoms with Crippen molar-refractivity contribution in [3.63, 3.8) is 0 Å². The SMILES string of the molecule is CCC=CCCCCCCC#N. The van der Waals surface area contributed by atoms with E-state index in [1.165, 1.54) is 25.7 Å². The zero-order valence-electron chi connectivity index (χ0n) is 8.05. The molecule has 0 aromatic carbocycles. The summed E-state index contributed by atoms with van der Waals surface area (Å²) in [5, 5.41) is 8.28. The molecule has 0 aliphatic heterocycles. The van der Waals surface area contributed by atoms with Gasteiger partial charge in [0.2, 0.25) is 0 Å². The smallest absolute Gasteiger partial charge is 0.0621 e. The van der Waals surface area contributed by atoms with Crippen LogP contribution in [0.1, 0.15) is 51.9 Å². The van der Waals surface area contributed by atoms with Crippen molar-refractivity contribution in [2.24, 2.45) is 0 Å². The van der Waals surface area contributed by atoms with E-state index in [2.05, 4.69) is 25.1 Å². The molecule has 0 rings (SSSR count). The maximum atomic E-state index is 8.28. The van der Waals surface area contributed by atoms with E-state index in [9.17, 15) is 0 Å². The molecule has 68 valence electrons. The van der Waals surface area contributed by atoms with Gasteiger partial charge in [-0.15, -0.1) is 0 Å². The summed E-state index contributed by atoms with van der Waals surface area (Å²) >= 11 is 0. The van der Waals surface area contributed by atoms with E-state index in [1.54, 1.807) is 0 Å². The molecule has 0 saturated heterocycles. The van der Waals surface area contributed by atoms with Crippen LogP contribution in [-0.2, 0) is 0 Å². The van der Waals surface area contributed by atoms with Crippen molar-refractivity contribution in [3.8, 4) is 6.07 Å². The Labute approximate surface area is 76.1 Å². The quantitative estimate of drug-likeness (QED) is 0.415. The van der Waals surface area contributed by atoms with Crippen LogP contribution in [0.4, 0.5) is 0 Å². The van der Waals surface area contributed by atoms with Crippen LogP contribution in [0, 0.1) is 11.3 Å². The monoisotopic (exact) mass is 165 g/mol. The van der Waals surface area contributed by atoms with E-state index in [0.717, 1.165) is 19.3 Å². The fourth-order valence-corrected chi connectivity index (χ4v) is 1.10. The summed E-state index contributed by atoms with van der Waals surface area (Å²) in [5.74, 6) is 0. The second-order valence-corrected chi connectivity index (χ2v) is 2.99. The molecular weight excluding hydrogens is 146 g/mol. The van der Waals surface area contributed by atoms with E-state index in [0.29, 0.717) is 0 Å². The molecule has 0 saturated carbocycles. The summed E-state index contributed by atoms with van der Waals surface area (Å²) < 4.78 is 0. The van der Waals surface area contributed by atoms with Crippen molar-refractivity contribution in [3.05, 3.63) is 12.2 Å². The Bertz CT molecular complexity index is 142. The van der Waals surface area contributed by atoms with Gasteiger partial charge < -0.3 is 0 Å². The average molecular weight is 165 g/mol. The second kappa shape index (κ2) is 10.2. The molecule has 0 spiro atoms. The average Bonchev–Trinajstić information content (AvgIpc) is 2.10. The molecule has 0 heterocycles. The first kappa shape index (κ1) is 11.2. The van der Waals surface area contributed by atoms with Crippen molar-refractivity contribution in [2.75, 3.05) is 0 Å². The minimum absolute atomic E-state index is 0.727. The number of rotatable bonds is 7. The molecule has 0 amide bonds. The van der Waals surface area contributed by atoms with Gasteiger partial charge in [0.25, 0.3) is 0 Å². The molecule has 0 fully saturated rings. The fraction of sp³-hybridized carbons (Fsp3) is 0.727. The molecule has 0 atom stereocenters. The van der Waals surface area contributed by atoms with Crippen molar-refractivity contribution in [1.29, 1.82) is 5.26 Å². The van der Waals surface area contributed by atoms with Crippen LogP contribution in [0.2, 0.25) is 0 Å². The fourth-order valence-electron chi connectivity index (χ4n) is 1.10. The third-order valence-electron chi connectivity index (χ3n) is 1.81. The Hall–Kier alpha value is -0.770. The van der Waals surface area contributed by atoms with Crippen LogP contribution in [0.5, 0.6) is 0 Å². The lowest BCUT2D eigenvalue weighted by Crippen LogP contribution is -1.76. The number of allylic oxidation sites excluding steroid dienone is 2. The summed E-state index contributed by atoms with van der Waals surface area (Å²) in [6.45, 7) is 2.16. The van der Waals surface area contributed by atoms with Crippen LogP contribution in [0.25, 0.3) is 0 Å². The summed E-state index contributed by atoms with van der Waals surface area (Å²) in [6, 6.07) is 2.16. The number of nitrogens with zero attached hydrogens (tertiary/aromatic N) is 1.